The SMILES string of the molecule is Cc1cscc1Cn1c(C(C)Cl)nc2c(F)cc(F)cc21. The summed E-state index contributed by atoms with van der Waals surface area (Å²) in [5, 5.41) is 3.68. The molecule has 1 unspecified atom stereocenters. The molecule has 0 amide bonds. The van der Waals surface area contributed by atoms with E-state index < -0.39 is 11.6 Å². The maximum absolute atomic E-state index is 13.9. The first-order chi connectivity index (χ1) is 9.97. The highest BCUT2D eigenvalue weighted by atomic mass is 35.5. The van der Waals surface area contributed by atoms with Gasteiger partial charge in [-0.1, -0.05) is 0 Å². The quantitative estimate of drug-likeness (QED) is 0.617. The van der Waals surface area contributed by atoms with Crippen LogP contribution in [0.3, 0.4) is 0 Å². The molecule has 0 aliphatic rings. The van der Waals surface area contributed by atoms with Crippen LogP contribution < -0.4 is 0 Å². The number of benzene rings is 1. The molecule has 1 aromatic carbocycles. The largest absolute Gasteiger partial charge is 0.322 e. The molecule has 2 aromatic heterocycles. The second kappa shape index (κ2) is 5.39. The fourth-order valence-corrected chi connectivity index (χ4v) is 3.37. The maximum Gasteiger partial charge on any atom is 0.153 e. The van der Waals surface area contributed by atoms with Crippen molar-refractivity contribution in [2.75, 3.05) is 0 Å². The first kappa shape index (κ1) is 14.5. The Hall–Kier alpha value is -1.46. The van der Waals surface area contributed by atoms with Crippen molar-refractivity contribution in [1.29, 1.82) is 0 Å². The second-order valence-corrected chi connectivity index (χ2v) is 6.41. The van der Waals surface area contributed by atoms with E-state index in [2.05, 4.69) is 4.98 Å². The fourth-order valence-electron chi connectivity index (χ4n) is 2.36. The third kappa shape index (κ3) is 2.56. The fraction of sp³-hybridized carbons (Fsp3) is 0.267. The molecule has 0 saturated carbocycles. The van der Waals surface area contributed by atoms with Crippen LogP contribution in [0.15, 0.2) is 22.9 Å². The summed E-state index contributed by atoms with van der Waals surface area (Å²) in [5.41, 5.74) is 2.84. The van der Waals surface area contributed by atoms with Gasteiger partial charge in [-0.25, -0.2) is 13.8 Å². The second-order valence-electron chi connectivity index (χ2n) is 5.01. The summed E-state index contributed by atoms with van der Waals surface area (Å²) in [5.74, 6) is -0.733. The van der Waals surface area contributed by atoms with E-state index in [1.807, 2.05) is 17.7 Å². The lowest BCUT2D eigenvalue weighted by Crippen LogP contribution is -2.06. The van der Waals surface area contributed by atoms with Gasteiger partial charge in [-0.2, -0.15) is 11.3 Å². The Labute approximate surface area is 130 Å². The molecule has 0 spiro atoms. The Balaban J connectivity index is 2.23. The van der Waals surface area contributed by atoms with E-state index >= 15 is 0 Å². The van der Waals surface area contributed by atoms with E-state index in [-0.39, 0.29) is 10.9 Å². The lowest BCUT2D eigenvalue weighted by Gasteiger charge is -2.10. The molecule has 0 saturated heterocycles. The number of nitrogens with zero attached hydrogens (tertiary/aromatic N) is 2. The highest BCUT2D eigenvalue weighted by Crippen LogP contribution is 2.28. The zero-order valence-corrected chi connectivity index (χ0v) is 13.1. The molecule has 0 bridgehead atoms. The number of imidazole rings is 1. The van der Waals surface area contributed by atoms with E-state index in [0.29, 0.717) is 17.9 Å². The molecule has 2 nitrogen and oxygen atoms in total. The molecule has 3 aromatic rings. The van der Waals surface area contributed by atoms with Gasteiger partial charge in [0, 0.05) is 6.07 Å². The summed E-state index contributed by atoms with van der Waals surface area (Å²) in [6, 6.07) is 2.15. The molecule has 110 valence electrons. The lowest BCUT2D eigenvalue weighted by molar-refractivity contribution is 0.590. The molecule has 2 heterocycles. The van der Waals surface area contributed by atoms with E-state index in [1.54, 1.807) is 22.8 Å². The summed E-state index contributed by atoms with van der Waals surface area (Å²) in [4.78, 5) is 4.26. The van der Waals surface area contributed by atoms with Crippen LogP contribution in [0.1, 0.15) is 29.3 Å². The van der Waals surface area contributed by atoms with Gasteiger partial charge < -0.3 is 4.57 Å². The monoisotopic (exact) mass is 326 g/mol. The molecule has 0 aliphatic heterocycles. The first-order valence-corrected chi connectivity index (χ1v) is 7.86. The van der Waals surface area contributed by atoms with Crippen LogP contribution in [-0.2, 0) is 6.54 Å². The van der Waals surface area contributed by atoms with Crippen molar-refractivity contribution in [1.82, 2.24) is 9.55 Å². The van der Waals surface area contributed by atoms with Crippen molar-refractivity contribution in [3.8, 4) is 0 Å². The molecule has 6 heteroatoms. The van der Waals surface area contributed by atoms with Crippen LogP contribution in [0.4, 0.5) is 8.78 Å². The zero-order chi connectivity index (χ0) is 15.1. The van der Waals surface area contributed by atoms with Crippen LogP contribution in [0.2, 0.25) is 0 Å². The van der Waals surface area contributed by atoms with Crippen LogP contribution in [-0.4, -0.2) is 9.55 Å². The van der Waals surface area contributed by atoms with Crippen LogP contribution >= 0.6 is 22.9 Å². The zero-order valence-electron chi connectivity index (χ0n) is 11.5. The Kier molecular flexibility index (Phi) is 3.71. The summed E-state index contributed by atoms with van der Waals surface area (Å²) in [7, 11) is 0. The maximum atomic E-state index is 13.9. The van der Waals surface area contributed by atoms with Crippen LogP contribution in [0, 0.1) is 18.6 Å². The summed E-state index contributed by atoms with van der Waals surface area (Å²) >= 11 is 7.75. The number of alkyl halides is 1. The lowest BCUT2D eigenvalue weighted by atomic mass is 10.2. The smallest absolute Gasteiger partial charge is 0.153 e. The van der Waals surface area contributed by atoms with Crippen molar-refractivity contribution in [2.24, 2.45) is 0 Å². The number of aromatic nitrogens is 2. The van der Waals surface area contributed by atoms with Gasteiger partial charge in [0.1, 0.15) is 17.2 Å². The molecular weight excluding hydrogens is 314 g/mol. The van der Waals surface area contributed by atoms with Crippen LogP contribution in [0.5, 0.6) is 0 Å². The number of thiophene rings is 1. The van der Waals surface area contributed by atoms with Gasteiger partial charge in [-0.15, -0.1) is 11.6 Å². The van der Waals surface area contributed by atoms with Crippen molar-refractivity contribution in [3.05, 3.63) is 51.5 Å². The number of halogens is 3. The average Bonchev–Trinajstić information content (AvgIpc) is 2.96. The molecular formula is C15H13ClF2N2S. The van der Waals surface area contributed by atoms with Crippen molar-refractivity contribution < 1.29 is 8.78 Å². The molecule has 3 rings (SSSR count). The number of hydrogen-bond acceptors (Lipinski definition) is 2. The van der Waals surface area contributed by atoms with E-state index in [4.69, 9.17) is 11.6 Å². The third-order valence-electron chi connectivity index (χ3n) is 3.45. The standard InChI is InChI=1S/C15H13ClF2N2S/c1-8-6-21-7-10(8)5-20-13-4-11(17)3-12(18)14(13)19-15(20)9(2)16/h3-4,6-7,9H,5H2,1-2H3. The minimum Gasteiger partial charge on any atom is -0.322 e. The molecule has 0 aliphatic carbocycles. The first-order valence-electron chi connectivity index (χ1n) is 6.48. The minimum atomic E-state index is -0.663. The Morgan fingerprint density at radius 2 is 2.10 bits per heavy atom. The van der Waals surface area contributed by atoms with Crippen molar-refractivity contribution in [2.45, 2.75) is 25.8 Å². The number of fused-ring (bicyclic) bond motifs is 1. The van der Waals surface area contributed by atoms with Gasteiger partial charge in [-0.05, 0) is 41.8 Å². The van der Waals surface area contributed by atoms with E-state index in [1.165, 1.54) is 6.07 Å². The van der Waals surface area contributed by atoms with Crippen LogP contribution in [0.25, 0.3) is 11.0 Å². The number of hydrogen-bond donors (Lipinski definition) is 0. The Bertz CT molecular complexity index is 807. The van der Waals surface area contributed by atoms with E-state index in [9.17, 15) is 8.78 Å². The van der Waals surface area contributed by atoms with Gasteiger partial charge in [-0.3, -0.25) is 0 Å². The topological polar surface area (TPSA) is 17.8 Å². The predicted molar refractivity (Wildman–Crippen MR) is 82.1 cm³/mol. The van der Waals surface area contributed by atoms with Gasteiger partial charge in [0.25, 0.3) is 0 Å². The Morgan fingerprint density at radius 1 is 1.33 bits per heavy atom. The molecule has 0 fully saturated rings. The van der Waals surface area contributed by atoms with Gasteiger partial charge in [0.15, 0.2) is 5.82 Å². The molecule has 1 atom stereocenters. The van der Waals surface area contributed by atoms with Crippen molar-refractivity contribution >= 4 is 34.0 Å². The van der Waals surface area contributed by atoms with Gasteiger partial charge in [0.05, 0.1) is 17.4 Å². The van der Waals surface area contributed by atoms with Gasteiger partial charge >= 0.3 is 0 Å². The molecule has 0 radical (unpaired) electrons. The number of rotatable bonds is 3. The predicted octanol–water partition coefficient (Wildman–Crippen LogP) is 5.03. The number of aryl methyl sites for hydroxylation is 1. The Morgan fingerprint density at radius 3 is 2.71 bits per heavy atom. The minimum absolute atomic E-state index is 0.159. The average molecular weight is 327 g/mol. The third-order valence-corrected chi connectivity index (χ3v) is 4.55. The summed E-state index contributed by atoms with van der Waals surface area (Å²) in [6.07, 6.45) is 0. The van der Waals surface area contributed by atoms with E-state index in [0.717, 1.165) is 17.2 Å². The summed E-state index contributed by atoms with van der Waals surface area (Å²) in [6.45, 7) is 4.28. The normalized spacial score (nSPS) is 13.0. The highest BCUT2D eigenvalue weighted by molar-refractivity contribution is 7.08. The summed E-state index contributed by atoms with van der Waals surface area (Å²) < 4.78 is 29.2. The molecule has 21 heavy (non-hydrogen) atoms. The van der Waals surface area contributed by atoms with Gasteiger partial charge in [0.2, 0.25) is 0 Å². The molecule has 0 N–H and O–H groups in total. The highest BCUT2D eigenvalue weighted by Gasteiger charge is 2.19. The van der Waals surface area contributed by atoms with Crippen molar-refractivity contribution in [3.63, 3.8) is 0 Å².